The Morgan fingerprint density at radius 3 is 2.92 bits per heavy atom. The second-order valence-electron chi connectivity index (χ2n) is 2.26. The predicted octanol–water partition coefficient (Wildman–Crippen LogP) is 0.0189. The molecule has 0 unspecified atom stereocenters. The Labute approximate surface area is 73.3 Å². The first-order valence-electron chi connectivity index (χ1n) is 3.60. The Morgan fingerprint density at radius 1 is 1.38 bits per heavy atom. The van der Waals surface area contributed by atoms with Crippen LogP contribution in [-0.4, -0.2) is 25.2 Å². The zero-order chi connectivity index (χ0) is 9.10. The van der Waals surface area contributed by atoms with Crippen molar-refractivity contribution in [1.82, 2.24) is 20.1 Å². The minimum Gasteiger partial charge on any atom is -0.387 e. The van der Waals surface area contributed by atoms with Gasteiger partial charge in [-0.25, -0.2) is 4.98 Å². The fourth-order valence-electron chi connectivity index (χ4n) is 0.838. The van der Waals surface area contributed by atoms with Crippen molar-refractivity contribution in [3.8, 4) is 11.5 Å². The van der Waals surface area contributed by atoms with Gasteiger partial charge in [0.2, 0.25) is 5.82 Å². The van der Waals surface area contributed by atoms with E-state index in [2.05, 4.69) is 24.6 Å². The van der Waals surface area contributed by atoms with Gasteiger partial charge in [-0.2, -0.15) is 4.98 Å². The minimum absolute atomic E-state index is 0.167. The molecule has 2 aromatic heterocycles. The highest BCUT2D eigenvalue weighted by Gasteiger charge is 2.07. The summed E-state index contributed by atoms with van der Waals surface area (Å²) in [6.45, 7) is -0.271. The molecule has 2 aromatic rings. The molecule has 13 heavy (non-hydrogen) atoms. The SMILES string of the molecule is OCc1nc(-c2cnccn2)no1. The van der Waals surface area contributed by atoms with Gasteiger partial charge in [0.05, 0.1) is 6.20 Å². The van der Waals surface area contributed by atoms with Crippen molar-refractivity contribution in [1.29, 1.82) is 0 Å². The highest BCUT2D eigenvalue weighted by atomic mass is 16.5. The van der Waals surface area contributed by atoms with Crippen molar-refractivity contribution in [2.24, 2.45) is 0 Å². The standard InChI is InChI=1S/C7H6N4O2/c12-4-6-10-7(11-13-6)5-3-8-1-2-9-5/h1-3,12H,4H2. The third kappa shape index (κ3) is 1.52. The molecule has 6 nitrogen and oxygen atoms in total. The van der Waals surface area contributed by atoms with Gasteiger partial charge in [-0.15, -0.1) is 0 Å². The van der Waals surface area contributed by atoms with E-state index in [1.165, 1.54) is 12.4 Å². The van der Waals surface area contributed by atoms with Crippen LogP contribution in [-0.2, 0) is 6.61 Å². The first-order chi connectivity index (χ1) is 6.40. The summed E-state index contributed by atoms with van der Waals surface area (Å²) in [5, 5.41) is 12.3. The van der Waals surface area contributed by atoms with Crippen LogP contribution in [0.25, 0.3) is 11.5 Å². The van der Waals surface area contributed by atoms with E-state index < -0.39 is 0 Å². The Bertz CT molecular complexity index is 386. The number of hydrogen-bond donors (Lipinski definition) is 1. The molecule has 0 saturated carbocycles. The summed E-state index contributed by atoms with van der Waals surface area (Å²) in [5.74, 6) is 0.498. The van der Waals surface area contributed by atoms with Gasteiger partial charge in [0.15, 0.2) is 0 Å². The second-order valence-corrected chi connectivity index (χ2v) is 2.26. The third-order valence-electron chi connectivity index (χ3n) is 1.40. The second kappa shape index (κ2) is 3.28. The van der Waals surface area contributed by atoms with Gasteiger partial charge < -0.3 is 9.63 Å². The van der Waals surface area contributed by atoms with Gasteiger partial charge in [-0.3, -0.25) is 4.98 Å². The van der Waals surface area contributed by atoms with E-state index in [1.807, 2.05) is 0 Å². The largest absolute Gasteiger partial charge is 0.387 e. The molecule has 66 valence electrons. The summed E-state index contributed by atoms with van der Waals surface area (Å²) < 4.78 is 4.69. The van der Waals surface area contributed by atoms with E-state index in [0.29, 0.717) is 11.5 Å². The van der Waals surface area contributed by atoms with Crippen LogP contribution < -0.4 is 0 Å². The molecule has 6 heteroatoms. The monoisotopic (exact) mass is 178 g/mol. The number of aliphatic hydroxyl groups excluding tert-OH is 1. The van der Waals surface area contributed by atoms with Crippen LogP contribution in [0.1, 0.15) is 5.89 Å². The van der Waals surface area contributed by atoms with Gasteiger partial charge in [-0.05, 0) is 0 Å². The van der Waals surface area contributed by atoms with Gasteiger partial charge in [-0.1, -0.05) is 5.16 Å². The Balaban J connectivity index is 2.36. The maximum Gasteiger partial charge on any atom is 0.252 e. The van der Waals surface area contributed by atoms with E-state index in [9.17, 15) is 0 Å². The minimum atomic E-state index is -0.271. The van der Waals surface area contributed by atoms with Crippen molar-refractivity contribution in [3.63, 3.8) is 0 Å². The number of aromatic nitrogens is 4. The number of hydrogen-bond acceptors (Lipinski definition) is 6. The van der Waals surface area contributed by atoms with Crippen LogP contribution in [0.3, 0.4) is 0 Å². The summed E-state index contributed by atoms with van der Waals surface area (Å²) in [6.07, 6.45) is 4.60. The fourth-order valence-corrected chi connectivity index (χ4v) is 0.838. The molecule has 0 aliphatic carbocycles. The molecule has 0 bridgehead atoms. The van der Waals surface area contributed by atoms with E-state index in [1.54, 1.807) is 6.20 Å². The summed E-state index contributed by atoms with van der Waals surface area (Å²) in [5.41, 5.74) is 0.519. The van der Waals surface area contributed by atoms with Crippen LogP contribution >= 0.6 is 0 Å². The van der Waals surface area contributed by atoms with Crippen LogP contribution in [0, 0.1) is 0 Å². The lowest BCUT2D eigenvalue weighted by atomic mass is 10.4. The molecular formula is C7H6N4O2. The predicted molar refractivity (Wildman–Crippen MR) is 41.2 cm³/mol. The van der Waals surface area contributed by atoms with Gasteiger partial charge in [0.1, 0.15) is 12.3 Å². The molecular weight excluding hydrogens is 172 g/mol. The summed E-state index contributed by atoms with van der Waals surface area (Å²) in [6, 6.07) is 0. The van der Waals surface area contributed by atoms with Gasteiger partial charge in [0.25, 0.3) is 5.89 Å². The number of nitrogens with zero attached hydrogens (tertiary/aromatic N) is 4. The quantitative estimate of drug-likeness (QED) is 0.697. The molecule has 2 rings (SSSR count). The maximum atomic E-state index is 8.67. The van der Waals surface area contributed by atoms with E-state index in [4.69, 9.17) is 5.11 Å². The zero-order valence-corrected chi connectivity index (χ0v) is 6.58. The molecule has 0 aliphatic rings. The zero-order valence-electron chi connectivity index (χ0n) is 6.58. The Hall–Kier alpha value is -1.82. The van der Waals surface area contributed by atoms with Crippen molar-refractivity contribution in [3.05, 3.63) is 24.5 Å². The third-order valence-corrected chi connectivity index (χ3v) is 1.40. The molecule has 0 fully saturated rings. The normalized spacial score (nSPS) is 10.2. The average molecular weight is 178 g/mol. The first-order valence-corrected chi connectivity index (χ1v) is 3.60. The highest BCUT2D eigenvalue weighted by Crippen LogP contribution is 2.10. The molecule has 0 aromatic carbocycles. The summed E-state index contributed by atoms with van der Waals surface area (Å²) in [7, 11) is 0. The number of aliphatic hydroxyl groups is 1. The molecule has 2 heterocycles. The molecule has 0 radical (unpaired) electrons. The van der Waals surface area contributed by atoms with Crippen molar-refractivity contribution in [2.45, 2.75) is 6.61 Å². The van der Waals surface area contributed by atoms with E-state index >= 15 is 0 Å². The summed E-state index contributed by atoms with van der Waals surface area (Å²) in [4.78, 5) is 11.7. The first kappa shape index (κ1) is 7.81. The average Bonchev–Trinajstić information content (AvgIpc) is 2.67. The maximum absolute atomic E-state index is 8.67. The van der Waals surface area contributed by atoms with Crippen molar-refractivity contribution >= 4 is 0 Å². The lowest BCUT2D eigenvalue weighted by molar-refractivity contribution is 0.222. The van der Waals surface area contributed by atoms with Crippen LogP contribution in [0.5, 0.6) is 0 Å². The van der Waals surface area contributed by atoms with E-state index in [0.717, 1.165) is 0 Å². The molecule has 0 aliphatic heterocycles. The lowest BCUT2D eigenvalue weighted by Crippen LogP contribution is -1.87. The van der Waals surface area contributed by atoms with Crippen LogP contribution in [0.4, 0.5) is 0 Å². The molecule has 0 spiro atoms. The highest BCUT2D eigenvalue weighted by molar-refractivity contribution is 5.45. The number of rotatable bonds is 2. The Morgan fingerprint density at radius 2 is 2.31 bits per heavy atom. The molecule has 0 saturated heterocycles. The van der Waals surface area contributed by atoms with Crippen molar-refractivity contribution < 1.29 is 9.63 Å². The van der Waals surface area contributed by atoms with E-state index in [-0.39, 0.29) is 12.5 Å². The molecule has 0 atom stereocenters. The molecule has 0 amide bonds. The smallest absolute Gasteiger partial charge is 0.252 e. The summed E-state index contributed by atoms with van der Waals surface area (Å²) >= 11 is 0. The van der Waals surface area contributed by atoms with Gasteiger partial charge in [0, 0.05) is 12.4 Å². The van der Waals surface area contributed by atoms with Crippen LogP contribution in [0.15, 0.2) is 23.1 Å². The fraction of sp³-hybridized carbons (Fsp3) is 0.143. The molecule has 1 N–H and O–H groups in total. The van der Waals surface area contributed by atoms with Gasteiger partial charge >= 0.3 is 0 Å². The topological polar surface area (TPSA) is 84.9 Å². The van der Waals surface area contributed by atoms with Crippen molar-refractivity contribution in [2.75, 3.05) is 0 Å². The van der Waals surface area contributed by atoms with Crippen LogP contribution in [0.2, 0.25) is 0 Å². The lowest BCUT2D eigenvalue weighted by Gasteiger charge is -1.88. The Kier molecular flexibility index (Phi) is 1.97.